The molecule has 0 N–H and O–H groups in total. The third-order valence-electron chi connectivity index (χ3n) is 4.23. The average Bonchev–Trinajstić information content (AvgIpc) is 2.89. The largest absolute Gasteiger partial charge is 0.333 e. The van der Waals surface area contributed by atoms with Gasteiger partial charge in [-0.1, -0.05) is 26.0 Å². The van der Waals surface area contributed by atoms with Gasteiger partial charge in [-0.2, -0.15) is 0 Å². The number of piperazine rings is 1. The van der Waals surface area contributed by atoms with Crippen molar-refractivity contribution >= 4 is 5.91 Å². The highest BCUT2D eigenvalue weighted by atomic mass is 19.1. The highest BCUT2D eigenvalue weighted by molar-refractivity contribution is 5.85. The molecule has 1 amide bonds. The number of nitrogens with zero attached hydrogens (tertiary/aromatic N) is 2. The fourth-order valence-electron chi connectivity index (χ4n) is 3.44. The van der Waals surface area contributed by atoms with E-state index in [9.17, 15) is 9.18 Å². The van der Waals surface area contributed by atoms with Crippen LogP contribution in [0.1, 0.15) is 25.8 Å². The Morgan fingerprint density at radius 1 is 1.40 bits per heavy atom. The van der Waals surface area contributed by atoms with Crippen LogP contribution in [-0.4, -0.2) is 40.9 Å². The van der Waals surface area contributed by atoms with Gasteiger partial charge < -0.3 is 4.90 Å². The summed E-state index contributed by atoms with van der Waals surface area (Å²) in [4.78, 5) is 16.7. The van der Waals surface area contributed by atoms with Crippen LogP contribution in [0.3, 0.4) is 0 Å². The maximum absolute atomic E-state index is 13.2. The molecule has 0 spiro atoms. The number of hydrogen-bond acceptors (Lipinski definition) is 2. The smallest absolute Gasteiger partial charge is 0.240 e. The van der Waals surface area contributed by atoms with Gasteiger partial charge in [-0.25, -0.2) is 4.39 Å². The number of carbonyl (C=O) groups is 1. The molecule has 0 aromatic heterocycles. The predicted octanol–water partition coefficient (Wildman–Crippen LogP) is 2.27. The standard InChI is InChI=1S/C16H21FN2O/c1-11(2)8-18-10-14-7-15(18)16(20)19(14)9-12-4-3-5-13(17)6-12/h3-6,11,14-15H,7-10H2,1-2H3/t14-,15-/m1/s1. The van der Waals surface area contributed by atoms with Crippen LogP contribution >= 0.6 is 0 Å². The van der Waals surface area contributed by atoms with Crippen LogP contribution in [0.2, 0.25) is 0 Å². The molecule has 20 heavy (non-hydrogen) atoms. The van der Waals surface area contributed by atoms with Crippen molar-refractivity contribution in [3.8, 4) is 0 Å². The third-order valence-corrected chi connectivity index (χ3v) is 4.23. The second-order valence-corrected chi connectivity index (χ2v) is 6.35. The molecule has 108 valence electrons. The van der Waals surface area contributed by atoms with Crippen LogP contribution in [0.4, 0.5) is 4.39 Å². The minimum absolute atomic E-state index is 0.0518. The molecule has 3 nitrogen and oxygen atoms in total. The first-order chi connectivity index (χ1) is 9.54. The molecule has 2 heterocycles. The van der Waals surface area contributed by atoms with E-state index in [0.29, 0.717) is 18.5 Å². The normalized spacial score (nSPS) is 26.0. The predicted molar refractivity (Wildman–Crippen MR) is 75.6 cm³/mol. The molecular formula is C16H21FN2O. The van der Waals surface area contributed by atoms with E-state index in [1.807, 2.05) is 11.0 Å². The Bertz CT molecular complexity index is 517. The minimum atomic E-state index is -0.235. The van der Waals surface area contributed by atoms with Crippen LogP contribution in [0.25, 0.3) is 0 Å². The van der Waals surface area contributed by atoms with E-state index in [2.05, 4.69) is 18.7 Å². The van der Waals surface area contributed by atoms with Gasteiger partial charge in [0.15, 0.2) is 0 Å². The zero-order valence-corrected chi connectivity index (χ0v) is 12.1. The fraction of sp³-hybridized carbons (Fsp3) is 0.562. The number of carbonyl (C=O) groups excluding carboxylic acids is 1. The topological polar surface area (TPSA) is 23.6 Å². The lowest BCUT2D eigenvalue weighted by atomic mass is 10.1. The molecule has 2 saturated heterocycles. The zero-order chi connectivity index (χ0) is 14.3. The van der Waals surface area contributed by atoms with E-state index < -0.39 is 0 Å². The lowest BCUT2D eigenvalue weighted by molar-refractivity contribution is -0.137. The summed E-state index contributed by atoms with van der Waals surface area (Å²) in [7, 11) is 0. The summed E-state index contributed by atoms with van der Waals surface area (Å²) in [6.45, 7) is 6.85. The van der Waals surface area contributed by atoms with Gasteiger partial charge in [-0.3, -0.25) is 9.69 Å². The fourth-order valence-corrected chi connectivity index (χ4v) is 3.44. The molecule has 3 rings (SSSR count). The quantitative estimate of drug-likeness (QED) is 0.842. The van der Waals surface area contributed by atoms with Crippen LogP contribution in [-0.2, 0) is 11.3 Å². The Labute approximate surface area is 119 Å². The van der Waals surface area contributed by atoms with Crippen LogP contribution in [0.15, 0.2) is 24.3 Å². The average molecular weight is 276 g/mol. The van der Waals surface area contributed by atoms with Crippen molar-refractivity contribution in [2.75, 3.05) is 13.1 Å². The number of hydrogen-bond donors (Lipinski definition) is 0. The number of fused-ring (bicyclic) bond motifs is 2. The van der Waals surface area contributed by atoms with E-state index in [4.69, 9.17) is 0 Å². The number of benzene rings is 1. The second-order valence-electron chi connectivity index (χ2n) is 6.35. The summed E-state index contributed by atoms with van der Waals surface area (Å²) in [5.74, 6) is 0.561. The van der Waals surface area contributed by atoms with Crippen molar-refractivity contribution in [3.05, 3.63) is 35.6 Å². The van der Waals surface area contributed by atoms with Crippen molar-refractivity contribution in [2.45, 2.75) is 38.9 Å². The Hall–Kier alpha value is -1.42. The van der Waals surface area contributed by atoms with Crippen molar-refractivity contribution in [3.63, 3.8) is 0 Å². The molecule has 2 aliphatic heterocycles. The summed E-state index contributed by atoms with van der Waals surface area (Å²) in [6, 6.07) is 6.89. The molecule has 0 radical (unpaired) electrons. The number of halogens is 1. The summed E-state index contributed by atoms with van der Waals surface area (Å²) >= 11 is 0. The number of rotatable bonds is 4. The summed E-state index contributed by atoms with van der Waals surface area (Å²) in [6.07, 6.45) is 0.931. The lowest BCUT2D eigenvalue weighted by Crippen LogP contribution is -2.50. The monoisotopic (exact) mass is 276 g/mol. The Kier molecular flexibility index (Phi) is 3.50. The molecule has 2 aliphatic rings. The molecule has 1 aromatic rings. The summed E-state index contributed by atoms with van der Waals surface area (Å²) < 4.78 is 13.2. The van der Waals surface area contributed by atoms with Crippen molar-refractivity contribution in [2.24, 2.45) is 5.92 Å². The zero-order valence-electron chi connectivity index (χ0n) is 12.1. The van der Waals surface area contributed by atoms with Crippen molar-refractivity contribution in [1.82, 2.24) is 9.80 Å². The molecule has 2 bridgehead atoms. The second kappa shape index (κ2) is 5.17. The first-order valence-corrected chi connectivity index (χ1v) is 7.33. The lowest BCUT2D eigenvalue weighted by Gasteiger charge is -2.34. The van der Waals surface area contributed by atoms with Crippen molar-refractivity contribution < 1.29 is 9.18 Å². The van der Waals surface area contributed by atoms with Crippen LogP contribution in [0.5, 0.6) is 0 Å². The summed E-state index contributed by atoms with van der Waals surface area (Å²) in [5, 5.41) is 0. The van der Waals surface area contributed by atoms with Gasteiger partial charge in [0.1, 0.15) is 5.82 Å². The molecule has 0 saturated carbocycles. The maximum atomic E-state index is 13.2. The van der Waals surface area contributed by atoms with Crippen LogP contribution in [0, 0.1) is 11.7 Å². The van der Waals surface area contributed by atoms with Gasteiger partial charge >= 0.3 is 0 Å². The third kappa shape index (κ3) is 2.44. The first kappa shape index (κ1) is 13.6. The highest BCUT2D eigenvalue weighted by Gasteiger charge is 2.49. The molecular weight excluding hydrogens is 255 g/mol. The maximum Gasteiger partial charge on any atom is 0.240 e. The Morgan fingerprint density at radius 3 is 2.85 bits per heavy atom. The van der Waals surface area contributed by atoms with E-state index in [0.717, 1.165) is 25.1 Å². The Balaban J connectivity index is 1.68. The van der Waals surface area contributed by atoms with Gasteiger partial charge in [0.2, 0.25) is 5.91 Å². The first-order valence-electron chi connectivity index (χ1n) is 7.33. The molecule has 1 aromatic carbocycles. The number of amides is 1. The minimum Gasteiger partial charge on any atom is -0.333 e. The summed E-state index contributed by atoms with van der Waals surface area (Å²) in [5.41, 5.74) is 0.876. The van der Waals surface area contributed by atoms with Gasteiger partial charge in [-0.15, -0.1) is 0 Å². The van der Waals surface area contributed by atoms with Gasteiger partial charge in [-0.05, 0) is 30.0 Å². The van der Waals surface area contributed by atoms with E-state index in [1.165, 1.54) is 12.1 Å². The van der Waals surface area contributed by atoms with Gasteiger partial charge in [0, 0.05) is 25.7 Å². The molecule has 4 heteroatoms. The molecule has 2 atom stereocenters. The van der Waals surface area contributed by atoms with Gasteiger partial charge in [0.25, 0.3) is 0 Å². The molecule has 0 unspecified atom stereocenters. The number of likely N-dealkylation sites (tertiary alicyclic amines) is 2. The molecule has 2 fully saturated rings. The van der Waals surface area contributed by atoms with Crippen LogP contribution < -0.4 is 0 Å². The van der Waals surface area contributed by atoms with E-state index >= 15 is 0 Å². The van der Waals surface area contributed by atoms with Crippen molar-refractivity contribution in [1.29, 1.82) is 0 Å². The SMILES string of the molecule is CC(C)CN1C[C@H]2C[C@@H]1C(=O)N2Cc1cccc(F)c1. The van der Waals surface area contributed by atoms with E-state index in [-0.39, 0.29) is 17.8 Å². The highest BCUT2D eigenvalue weighted by Crippen LogP contribution is 2.33. The van der Waals surface area contributed by atoms with E-state index in [1.54, 1.807) is 6.07 Å². The molecule has 0 aliphatic carbocycles. The Morgan fingerprint density at radius 2 is 2.20 bits per heavy atom. The van der Waals surface area contributed by atoms with Gasteiger partial charge in [0.05, 0.1) is 6.04 Å².